The zero-order valence-electron chi connectivity index (χ0n) is 15.8. The van der Waals surface area contributed by atoms with Crippen LogP contribution in [0.1, 0.15) is 39.0 Å². The minimum atomic E-state index is -0.121. The summed E-state index contributed by atoms with van der Waals surface area (Å²) in [7, 11) is 3.19. The summed E-state index contributed by atoms with van der Waals surface area (Å²) in [5.41, 5.74) is 0. The first-order chi connectivity index (χ1) is 12.0. The molecule has 1 amide bonds. The van der Waals surface area contributed by atoms with E-state index in [4.69, 9.17) is 4.74 Å². The Balaban J connectivity index is 1.72. The van der Waals surface area contributed by atoms with Crippen molar-refractivity contribution in [2.24, 2.45) is 16.8 Å². The van der Waals surface area contributed by atoms with E-state index in [-0.39, 0.29) is 17.8 Å². The Bertz CT molecular complexity index is 487. The van der Waals surface area contributed by atoms with E-state index in [0.29, 0.717) is 18.9 Å². The highest BCUT2D eigenvalue weighted by atomic mass is 16.5. The van der Waals surface area contributed by atoms with E-state index in [1.54, 1.807) is 7.05 Å². The number of amides is 1. The van der Waals surface area contributed by atoms with Crippen LogP contribution in [-0.2, 0) is 14.3 Å². The number of carbonyl (C=O) groups excluding carboxylic acids is 2. The third kappa shape index (κ3) is 5.61. The molecule has 7 nitrogen and oxygen atoms in total. The normalized spacial score (nSPS) is 22.7. The van der Waals surface area contributed by atoms with Gasteiger partial charge in [-0.15, -0.1) is 0 Å². The van der Waals surface area contributed by atoms with Crippen molar-refractivity contribution in [3.63, 3.8) is 0 Å². The van der Waals surface area contributed by atoms with Crippen LogP contribution in [0.3, 0.4) is 0 Å². The Morgan fingerprint density at radius 3 is 2.48 bits per heavy atom. The van der Waals surface area contributed by atoms with Gasteiger partial charge >= 0.3 is 5.97 Å². The van der Waals surface area contributed by atoms with Crippen molar-refractivity contribution in [1.82, 2.24) is 15.1 Å². The van der Waals surface area contributed by atoms with Crippen molar-refractivity contribution in [2.75, 3.05) is 46.9 Å². The maximum atomic E-state index is 12.3. The molecule has 142 valence electrons. The number of aliphatic imine (C=N–C) groups is 1. The topological polar surface area (TPSA) is 74.2 Å². The number of hydrogen-bond donors (Lipinski definition) is 1. The maximum absolute atomic E-state index is 12.3. The lowest BCUT2D eigenvalue weighted by Crippen LogP contribution is -2.47. The first kappa shape index (κ1) is 19.5. The summed E-state index contributed by atoms with van der Waals surface area (Å²) in [4.78, 5) is 32.4. The lowest BCUT2D eigenvalue weighted by atomic mass is 9.97. The standard InChI is InChI=1S/C18H32N4O3/c1-14-5-4-10-22(13-14)16(23)6-9-20-18(19-2)21-11-7-15(8-12-21)17(24)25-3/h14-15H,4-13H2,1-3H3,(H,19,20). The highest BCUT2D eigenvalue weighted by molar-refractivity contribution is 5.82. The lowest BCUT2D eigenvalue weighted by molar-refractivity contribution is -0.146. The third-order valence-corrected chi connectivity index (χ3v) is 5.17. The number of hydrogen-bond acceptors (Lipinski definition) is 4. The van der Waals surface area contributed by atoms with E-state index in [2.05, 4.69) is 22.1 Å². The summed E-state index contributed by atoms with van der Waals surface area (Å²) in [6, 6.07) is 0. The van der Waals surface area contributed by atoms with Gasteiger partial charge < -0.3 is 19.9 Å². The molecule has 2 fully saturated rings. The molecule has 2 rings (SSSR count). The van der Waals surface area contributed by atoms with Crippen molar-refractivity contribution in [1.29, 1.82) is 0 Å². The van der Waals surface area contributed by atoms with Gasteiger partial charge in [-0.05, 0) is 31.6 Å². The molecule has 2 aliphatic heterocycles. The fourth-order valence-electron chi connectivity index (χ4n) is 3.68. The molecule has 25 heavy (non-hydrogen) atoms. The molecule has 1 unspecified atom stereocenters. The second-order valence-electron chi connectivity index (χ2n) is 7.10. The summed E-state index contributed by atoms with van der Waals surface area (Å²) >= 11 is 0. The molecule has 0 spiro atoms. The van der Waals surface area contributed by atoms with Crippen LogP contribution < -0.4 is 5.32 Å². The summed E-state index contributed by atoms with van der Waals surface area (Å²) < 4.78 is 4.82. The van der Waals surface area contributed by atoms with Crippen LogP contribution in [0.2, 0.25) is 0 Å². The number of nitrogens with zero attached hydrogens (tertiary/aromatic N) is 3. The van der Waals surface area contributed by atoms with Gasteiger partial charge in [0.05, 0.1) is 13.0 Å². The number of esters is 1. The molecule has 0 aromatic heterocycles. The van der Waals surface area contributed by atoms with E-state index in [9.17, 15) is 9.59 Å². The van der Waals surface area contributed by atoms with Crippen molar-refractivity contribution in [3.05, 3.63) is 0 Å². The Morgan fingerprint density at radius 2 is 1.88 bits per heavy atom. The van der Waals surface area contributed by atoms with Crippen LogP contribution in [-0.4, -0.2) is 74.5 Å². The van der Waals surface area contributed by atoms with E-state index in [1.807, 2.05) is 4.90 Å². The Kier molecular flexibility index (Phi) is 7.52. The SMILES string of the molecule is CN=C(NCCC(=O)N1CCCC(C)C1)N1CCC(C(=O)OC)CC1. The Hall–Kier alpha value is -1.79. The van der Waals surface area contributed by atoms with Crippen LogP contribution in [0.25, 0.3) is 0 Å². The Labute approximate surface area is 150 Å². The number of nitrogens with one attached hydrogen (secondary N) is 1. The summed E-state index contributed by atoms with van der Waals surface area (Å²) in [6.07, 6.45) is 4.37. The molecule has 2 aliphatic rings. The zero-order chi connectivity index (χ0) is 18.2. The number of ether oxygens (including phenoxy) is 1. The van der Waals surface area contributed by atoms with E-state index < -0.39 is 0 Å². The molecule has 2 saturated heterocycles. The van der Waals surface area contributed by atoms with Gasteiger partial charge in [0.1, 0.15) is 0 Å². The summed E-state index contributed by atoms with van der Waals surface area (Å²) in [5.74, 6) is 1.50. The van der Waals surface area contributed by atoms with E-state index >= 15 is 0 Å². The molecule has 0 bridgehead atoms. The van der Waals surface area contributed by atoms with Crippen molar-refractivity contribution in [2.45, 2.75) is 39.0 Å². The van der Waals surface area contributed by atoms with Crippen LogP contribution in [0, 0.1) is 11.8 Å². The number of rotatable bonds is 4. The van der Waals surface area contributed by atoms with Crippen LogP contribution in [0.4, 0.5) is 0 Å². The average molecular weight is 352 g/mol. The van der Waals surface area contributed by atoms with Crippen molar-refractivity contribution < 1.29 is 14.3 Å². The van der Waals surface area contributed by atoms with Crippen molar-refractivity contribution >= 4 is 17.8 Å². The third-order valence-electron chi connectivity index (χ3n) is 5.17. The molecule has 0 aliphatic carbocycles. The second kappa shape index (κ2) is 9.63. The van der Waals surface area contributed by atoms with E-state index in [0.717, 1.165) is 51.4 Å². The van der Waals surface area contributed by atoms with E-state index in [1.165, 1.54) is 13.5 Å². The highest BCUT2D eigenvalue weighted by Crippen LogP contribution is 2.18. The molecular weight excluding hydrogens is 320 g/mol. The molecule has 0 saturated carbocycles. The van der Waals surface area contributed by atoms with Gasteiger partial charge in [-0.25, -0.2) is 0 Å². The molecule has 2 heterocycles. The number of methoxy groups -OCH3 is 1. The van der Waals surface area contributed by atoms with Gasteiger partial charge in [0.2, 0.25) is 5.91 Å². The number of likely N-dealkylation sites (tertiary alicyclic amines) is 2. The van der Waals surface area contributed by atoms with Gasteiger partial charge in [-0.1, -0.05) is 6.92 Å². The monoisotopic (exact) mass is 352 g/mol. The van der Waals surface area contributed by atoms with Crippen LogP contribution >= 0.6 is 0 Å². The lowest BCUT2D eigenvalue weighted by Gasteiger charge is -2.33. The predicted molar refractivity (Wildman–Crippen MR) is 97.3 cm³/mol. The van der Waals surface area contributed by atoms with Crippen molar-refractivity contribution in [3.8, 4) is 0 Å². The molecule has 7 heteroatoms. The maximum Gasteiger partial charge on any atom is 0.308 e. The minimum Gasteiger partial charge on any atom is -0.469 e. The molecule has 1 atom stereocenters. The summed E-state index contributed by atoms with van der Waals surface area (Å²) in [5, 5.41) is 3.29. The average Bonchev–Trinajstić information content (AvgIpc) is 2.64. The molecule has 0 radical (unpaired) electrons. The molecular formula is C18H32N4O3. The highest BCUT2D eigenvalue weighted by Gasteiger charge is 2.27. The van der Waals surface area contributed by atoms with Gasteiger partial charge in [0.25, 0.3) is 0 Å². The van der Waals surface area contributed by atoms with Crippen LogP contribution in [0.15, 0.2) is 4.99 Å². The quantitative estimate of drug-likeness (QED) is 0.466. The van der Waals surface area contributed by atoms with Gasteiger partial charge in [-0.2, -0.15) is 0 Å². The van der Waals surface area contributed by atoms with Gasteiger partial charge in [0, 0.05) is 46.2 Å². The van der Waals surface area contributed by atoms with Crippen LogP contribution in [0.5, 0.6) is 0 Å². The smallest absolute Gasteiger partial charge is 0.308 e. The molecule has 1 N–H and O–H groups in total. The molecule has 0 aromatic carbocycles. The first-order valence-electron chi connectivity index (χ1n) is 9.36. The number of piperidine rings is 2. The van der Waals surface area contributed by atoms with Gasteiger partial charge in [0.15, 0.2) is 5.96 Å². The zero-order valence-corrected chi connectivity index (χ0v) is 15.8. The first-order valence-corrected chi connectivity index (χ1v) is 9.36. The largest absolute Gasteiger partial charge is 0.469 e. The second-order valence-corrected chi connectivity index (χ2v) is 7.10. The molecule has 0 aromatic rings. The predicted octanol–water partition coefficient (Wildman–Crippen LogP) is 1.10. The van der Waals surface area contributed by atoms with Gasteiger partial charge in [-0.3, -0.25) is 14.6 Å². The Morgan fingerprint density at radius 1 is 1.16 bits per heavy atom. The fourth-order valence-corrected chi connectivity index (χ4v) is 3.68. The number of carbonyl (C=O) groups is 2. The fraction of sp³-hybridized carbons (Fsp3) is 0.833. The minimum absolute atomic E-state index is 0.0120. The number of guanidine groups is 1. The summed E-state index contributed by atoms with van der Waals surface area (Å²) in [6.45, 7) is 6.12.